The Balaban J connectivity index is 2.17. The molecular weight excluding hydrogens is 290 g/mol. The summed E-state index contributed by atoms with van der Waals surface area (Å²) in [7, 11) is 0. The number of hydrogen-bond acceptors (Lipinski definition) is 5. The van der Waals surface area contributed by atoms with Crippen LogP contribution < -0.4 is 10.8 Å². The van der Waals surface area contributed by atoms with Gasteiger partial charge < -0.3 is 15.9 Å². The zero-order valence-corrected chi connectivity index (χ0v) is 13.7. The smallest absolute Gasteiger partial charge is 0.150 e. The number of aromatic nitrogens is 1. The summed E-state index contributed by atoms with van der Waals surface area (Å²) in [5, 5.41) is 22.1. The number of aromatic hydroxyl groups is 1. The van der Waals surface area contributed by atoms with Gasteiger partial charge in [-0.2, -0.15) is 0 Å². The van der Waals surface area contributed by atoms with Gasteiger partial charge in [0.25, 0.3) is 0 Å². The fourth-order valence-electron chi connectivity index (χ4n) is 2.27. The molecule has 23 heavy (non-hydrogen) atoms. The number of hydrogen-bond donors (Lipinski definition) is 2. The van der Waals surface area contributed by atoms with Gasteiger partial charge >= 0.3 is 0 Å². The molecule has 0 spiro atoms. The molecule has 5 heteroatoms. The molecule has 0 aliphatic heterocycles. The van der Waals surface area contributed by atoms with Gasteiger partial charge in [-0.15, -0.1) is 0 Å². The average molecular weight is 312 g/mol. The number of aliphatic imine (C=N–C) groups is 1. The van der Waals surface area contributed by atoms with Crippen molar-refractivity contribution < 1.29 is 10.2 Å². The third-order valence-electron chi connectivity index (χ3n) is 3.52. The Labute approximate surface area is 136 Å². The molecule has 2 aromatic rings. The van der Waals surface area contributed by atoms with Crippen molar-refractivity contribution in [2.45, 2.75) is 38.6 Å². The summed E-state index contributed by atoms with van der Waals surface area (Å²) < 4.78 is 0. The van der Waals surface area contributed by atoms with Crippen LogP contribution in [-0.2, 0) is 11.8 Å². The lowest BCUT2D eigenvalue weighted by atomic mass is 9.85. The van der Waals surface area contributed by atoms with Gasteiger partial charge in [0.15, 0.2) is 5.82 Å². The normalized spacial score (nSPS) is 13.8. The summed E-state index contributed by atoms with van der Waals surface area (Å²) in [5.41, 5.74) is 7.50. The molecule has 2 rings (SSSR count). The van der Waals surface area contributed by atoms with E-state index >= 15 is 0 Å². The molecule has 0 aliphatic rings. The quantitative estimate of drug-likeness (QED) is 0.667. The standard InChI is InChI=1S/C18H23N3O2/c1-18(2,3)13-10-12(7-8-15(13)22)11-14(19)17(23)21-16-6-4-5-9-20-16/h4-10,14,22H,11,19H2,1-3H3,(H,20,21,23)/p-1/t14-/m0/s1. The molecule has 0 fully saturated rings. The summed E-state index contributed by atoms with van der Waals surface area (Å²) in [6.07, 6.45) is 1.94. The second-order valence-electron chi connectivity index (χ2n) is 6.55. The van der Waals surface area contributed by atoms with Crippen molar-refractivity contribution >= 4 is 11.7 Å². The van der Waals surface area contributed by atoms with Crippen molar-refractivity contribution in [2.75, 3.05) is 0 Å². The molecule has 3 N–H and O–H groups in total. The lowest BCUT2D eigenvalue weighted by molar-refractivity contribution is -0.220. The Bertz CT molecular complexity index is 691. The largest absolute Gasteiger partial charge is 0.861 e. The van der Waals surface area contributed by atoms with Crippen LogP contribution in [0.5, 0.6) is 5.75 Å². The topological polar surface area (TPSA) is 94.6 Å². The van der Waals surface area contributed by atoms with Crippen molar-refractivity contribution in [3.63, 3.8) is 0 Å². The van der Waals surface area contributed by atoms with Crippen LogP contribution in [0.1, 0.15) is 31.9 Å². The zero-order chi connectivity index (χ0) is 17.0. The van der Waals surface area contributed by atoms with E-state index in [1.807, 2.05) is 26.8 Å². The van der Waals surface area contributed by atoms with E-state index in [1.54, 1.807) is 36.5 Å². The Morgan fingerprint density at radius 2 is 2.04 bits per heavy atom. The van der Waals surface area contributed by atoms with Gasteiger partial charge in [-0.3, -0.25) is 0 Å². The van der Waals surface area contributed by atoms with Crippen molar-refractivity contribution in [3.8, 4) is 5.75 Å². The maximum atomic E-state index is 12.1. The van der Waals surface area contributed by atoms with Gasteiger partial charge in [-0.25, -0.2) is 9.98 Å². The SMILES string of the molecule is CC(C)(C)c1cc(C[C@H](N)C([O-])=Nc2ccccn2)ccc1O. The summed E-state index contributed by atoms with van der Waals surface area (Å²) in [4.78, 5) is 7.91. The molecule has 1 atom stereocenters. The first-order chi connectivity index (χ1) is 10.8. The van der Waals surface area contributed by atoms with E-state index in [-0.39, 0.29) is 11.2 Å². The van der Waals surface area contributed by atoms with Crippen LogP contribution in [0.15, 0.2) is 47.6 Å². The van der Waals surface area contributed by atoms with Gasteiger partial charge in [0, 0.05) is 12.2 Å². The molecule has 0 amide bonds. The van der Waals surface area contributed by atoms with Crippen LogP contribution in [0, 0.1) is 0 Å². The highest BCUT2D eigenvalue weighted by atomic mass is 16.3. The molecule has 0 saturated heterocycles. The van der Waals surface area contributed by atoms with Crippen LogP contribution in [0.2, 0.25) is 0 Å². The molecule has 122 valence electrons. The number of rotatable bonds is 4. The monoisotopic (exact) mass is 312 g/mol. The van der Waals surface area contributed by atoms with E-state index < -0.39 is 11.9 Å². The highest BCUT2D eigenvalue weighted by Crippen LogP contribution is 2.31. The molecular formula is C18H22N3O2-. The number of phenols is 1. The van der Waals surface area contributed by atoms with E-state index in [1.165, 1.54) is 0 Å². The minimum absolute atomic E-state index is 0.188. The third kappa shape index (κ3) is 4.53. The number of nitrogens with two attached hydrogens (primary N) is 1. The van der Waals surface area contributed by atoms with Crippen molar-refractivity contribution in [2.24, 2.45) is 10.7 Å². The van der Waals surface area contributed by atoms with Gasteiger partial charge in [0.2, 0.25) is 0 Å². The Kier molecular flexibility index (Phi) is 5.01. The predicted molar refractivity (Wildman–Crippen MR) is 89.8 cm³/mol. The Morgan fingerprint density at radius 1 is 1.30 bits per heavy atom. The minimum Gasteiger partial charge on any atom is -0.861 e. The Morgan fingerprint density at radius 3 is 2.65 bits per heavy atom. The van der Waals surface area contributed by atoms with E-state index in [0.717, 1.165) is 11.1 Å². The van der Waals surface area contributed by atoms with Crippen LogP contribution in [0.3, 0.4) is 0 Å². The molecule has 5 nitrogen and oxygen atoms in total. The van der Waals surface area contributed by atoms with Gasteiger partial charge in [-0.05, 0) is 47.1 Å². The highest BCUT2D eigenvalue weighted by molar-refractivity contribution is 5.80. The fourth-order valence-corrected chi connectivity index (χ4v) is 2.27. The molecule has 1 heterocycles. The number of phenolic OH excluding ortho intramolecular Hbond substituents is 1. The van der Waals surface area contributed by atoms with Crippen LogP contribution in [-0.4, -0.2) is 22.0 Å². The van der Waals surface area contributed by atoms with Gasteiger partial charge in [0.1, 0.15) is 5.75 Å². The van der Waals surface area contributed by atoms with Crippen LogP contribution in [0.4, 0.5) is 5.82 Å². The zero-order valence-electron chi connectivity index (χ0n) is 13.7. The van der Waals surface area contributed by atoms with Gasteiger partial charge in [0.05, 0.1) is 0 Å². The highest BCUT2D eigenvalue weighted by Gasteiger charge is 2.18. The maximum absolute atomic E-state index is 12.1. The number of benzene rings is 1. The summed E-state index contributed by atoms with van der Waals surface area (Å²) in [6.45, 7) is 6.06. The first-order valence-electron chi connectivity index (χ1n) is 7.52. The molecule has 1 aromatic heterocycles. The lowest BCUT2D eigenvalue weighted by Gasteiger charge is -2.23. The summed E-state index contributed by atoms with van der Waals surface area (Å²) >= 11 is 0. The number of nitrogens with zero attached hydrogens (tertiary/aromatic N) is 2. The van der Waals surface area contributed by atoms with Gasteiger partial charge in [-0.1, -0.05) is 39.0 Å². The molecule has 0 bridgehead atoms. The van der Waals surface area contributed by atoms with Crippen LogP contribution >= 0.6 is 0 Å². The van der Waals surface area contributed by atoms with Crippen LogP contribution in [0.25, 0.3) is 0 Å². The lowest BCUT2D eigenvalue weighted by Crippen LogP contribution is -2.40. The Hall–Kier alpha value is -2.40. The van der Waals surface area contributed by atoms with Crippen molar-refractivity contribution in [1.82, 2.24) is 4.98 Å². The molecule has 0 radical (unpaired) electrons. The van der Waals surface area contributed by atoms with E-state index in [9.17, 15) is 10.2 Å². The maximum Gasteiger partial charge on any atom is 0.150 e. The molecule has 0 aliphatic carbocycles. The molecule has 0 saturated carbocycles. The number of pyridine rings is 1. The first kappa shape index (κ1) is 17.0. The summed E-state index contributed by atoms with van der Waals surface area (Å²) in [6, 6.07) is 9.75. The second-order valence-corrected chi connectivity index (χ2v) is 6.55. The third-order valence-corrected chi connectivity index (χ3v) is 3.52. The minimum atomic E-state index is -0.741. The predicted octanol–water partition coefficient (Wildman–Crippen LogP) is 2.05. The first-order valence-corrected chi connectivity index (χ1v) is 7.52. The van der Waals surface area contributed by atoms with E-state index in [4.69, 9.17) is 5.73 Å². The second kappa shape index (κ2) is 6.79. The van der Waals surface area contributed by atoms with E-state index in [2.05, 4.69) is 9.98 Å². The van der Waals surface area contributed by atoms with Crippen molar-refractivity contribution in [3.05, 3.63) is 53.7 Å². The fraction of sp³-hybridized carbons (Fsp3) is 0.333. The van der Waals surface area contributed by atoms with Crippen molar-refractivity contribution in [1.29, 1.82) is 0 Å². The summed E-state index contributed by atoms with van der Waals surface area (Å²) in [5.74, 6) is 0.197. The van der Waals surface area contributed by atoms with E-state index in [0.29, 0.717) is 12.2 Å². The molecule has 0 unspecified atom stereocenters. The average Bonchev–Trinajstić information content (AvgIpc) is 2.49. The molecule has 1 aromatic carbocycles.